The molecule has 0 saturated heterocycles. The summed E-state index contributed by atoms with van der Waals surface area (Å²) < 4.78 is 35.1. The summed E-state index contributed by atoms with van der Waals surface area (Å²) in [5.74, 6) is 0.916. The first-order valence-corrected chi connectivity index (χ1v) is 9.25. The molecule has 0 atom stereocenters. The number of nitrogens with zero attached hydrogens (tertiary/aromatic N) is 3. The van der Waals surface area contributed by atoms with Crippen molar-refractivity contribution in [2.24, 2.45) is 4.99 Å². The van der Waals surface area contributed by atoms with Crippen molar-refractivity contribution in [1.82, 2.24) is 15.1 Å². The van der Waals surface area contributed by atoms with Gasteiger partial charge in [-0.3, -0.25) is 4.79 Å². The van der Waals surface area contributed by atoms with Crippen molar-refractivity contribution in [1.29, 1.82) is 0 Å². The van der Waals surface area contributed by atoms with Crippen LogP contribution in [-0.4, -0.2) is 68.6 Å². The van der Waals surface area contributed by atoms with Gasteiger partial charge in [-0.1, -0.05) is 0 Å². The molecule has 1 N–H and O–H groups in total. The van der Waals surface area contributed by atoms with Crippen LogP contribution in [-0.2, 0) is 11.3 Å². The molecule has 0 bridgehead atoms. The van der Waals surface area contributed by atoms with Gasteiger partial charge in [0, 0.05) is 38.3 Å². The molecule has 166 valence electrons. The molecule has 0 aliphatic heterocycles. The van der Waals surface area contributed by atoms with Crippen molar-refractivity contribution in [2.75, 3.05) is 40.3 Å². The van der Waals surface area contributed by atoms with Gasteiger partial charge in [0.15, 0.2) is 5.96 Å². The second kappa shape index (κ2) is 14.2. The van der Waals surface area contributed by atoms with Crippen molar-refractivity contribution in [2.45, 2.75) is 33.9 Å². The van der Waals surface area contributed by atoms with Crippen LogP contribution in [0.3, 0.4) is 0 Å². The van der Waals surface area contributed by atoms with E-state index in [9.17, 15) is 13.6 Å². The van der Waals surface area contributed by atoms with Crippen LogP contribution in [0, 0.1) is 0 Å². The van der Waals surface area contributed by atoms with E-state index in [2.05, 4.69) is 15.0 Å². The first-order valence-electron chi connectivity index (χ1n) is 9.25. The standard InChI is InChI=1S/C19H30F2N4O3.HI/c1-6-22-19(24(4)13-17(26)25(7-2)8-3)23-12-14-9-10-15(27-5)11-16(14)28-18(20)21;/h9-11,18H,6-8,12-13H2,1-5H3,(H,22,23);1H. The number of nitrogens with one attached hydrogen (secondary N) is 1. The molecule has 0 aliphatic rings. The highest BCUT2D eigenvalue weighted by Gasteiger charge is 2.16. The van der Waals surface area contributed by atoms with Crippen LogP contribution in [0.5, 0.6) is 11.5 Å². The third-order valence-corrected chi connectivity index (χ3v) is 4.07. The average molecular weight is 528 g/mol. The number of ether oxygens (including phenoxy) is 2. The van der Waals surface area contributed by atoms with E-state index in [1.807, 2.05) is 20.8 Å². The number of amides is 1. The van der Waals surface area contributed by atoms with Crippen LogP contribution in [0.1, 0.15) is 26.3 Å². The van der Waals surface area contributed by atoms with Gasteiger partial charge in [0.05, 0.1) is 20.2 Å². The molecule has 1 aromatic carbocycles. The van der Waals surface area contributed by atoms with Gasteiger partial charge in [-0.05, 0) is 32.9 Å². The van der Waals surface area contributed by atoms with Crippen molar-refractivity contribution in [3.05, 3.63) is 23.8 Å². The Morgan fingerprint density at radius 1 is 1.24 bits per heavy atom. The Hall–Kier alpha value is -1.85. The lowest BCUT2D eigenvalue weighted by molar-refractivity contribution is -0.131. The molecule has 29 heavy (non-hydrogen) atoms. The molecule has 0 spiro atoms. The van der Waals surface area contributed by atoms with E-state index >= 15 is 0 Å². The number of guanidine groups is 1. The number of halogens is 3. The minimum absolute atomic E-state index is 0. The van der Waals surface area contributed by atoms with Crippen LogP contribution in [0.15, 0.2) is 23.2 Å². The number of hydrogen-bond acceptors (Lipinski definition) is 4. The molecular weight excluding hydrogens is 497 g/mol. The van der Waals surface area contributed by atoms with Gasteiger partial charge < -0.3 is 24.6 Å². The number of hydrogen-bond donors (Lipinski definition) is 1. The zero-order valence-electron chi connectivity index (χ0n) is 17.6. The van der Waals surface area contributed by atoms with Gasteiger partial charge in [0.1, 0.15) is 11.5 Å². The van der Waals surface area contributed by atoms with Gasteiger partial charge in [-0.2, -0.15) is 8.78 Å². The minimum Gasteiger partial charge on any atom is -0.497 e. The highest BCUT2D eigenvalue weighted by Crippen LogP contribution is 2.27. The summed E-state index contributed by atoms with van der Waals surface area (Å²) in [5.41, 5.74) is 0.486. The Morgan fingerprint density at radius 2 is 1.90 bits per heavy atom. The third-order valence-electron chi connectivity index (χ3n) is 4.07. The largest absolute Gasteiger partial charge is 0.497 e. The maximum absolute atomic E-state index is 12.7. The summed E-state index contributed by atoms with van der Waals surface area (Å²) in [7, 11) is 3.21. The van der Waals surface area contributed by atoms with Crippen molar-refractivity contribution < 1.29 is 23.0 Å². The monoisotopic (exact) mass is 528 g/mol. The molecule has 1 aromatic rings. The quantitative estimate of drug-likeness (QED) is 0.287. The normalized spacial score (nSPS) is 11.0. The molecule has 0 aromatic heterocycles. The van der Waals surface area contributed by atoms with E-state index in [-0.39, 0.29) is 48.7 Å². The Bertz CT molecular complexity index is 658. The van der Waals surface area contributed by atoms with Crippen LogP contribution in [0.2, 0.25) is 0 Å². The number of carbonyl (C=O) groups is 1. The lowest BCUT2D eigenvalue weighted by Gasteiger charge is -2.25. The van der Waals surface area contributed by atoms with Crippen molar-refractivity contribution in [3.63, 3.8) is 0 Å². The molecule has 0 saturated carbocycles. The first-order chi connectivity index (χ1) is 13.4. The van der Waals surface area contributed by atoms with Crippen molar-refractivity contribution in [3.8, 4) is 11.5 Å². The lowest BCUT2D eigenvalue weighted by Crippen LogP contribution is -2.45. The summed E-state index contributed by atoms with van der Waals surface area (Å²) >= 11 is 0. The Balaban J connectivity index is 0.00000784. The Kier molecular flexibility index (Phi) is 13.3. The number of aliphatic imine (C=N–C) groups is 1. The molecule has 1 amide bonds. The van der Waals surface area contributed by atoms with E-state index < -0.39 is 6.61 Å². The number of benzene rings is 1. The SMILES string of the molecule is CCNC(=NCc1ccc(OC)cc1OC(F)F)N(C)CC(=O)N(CC)CC.I. The second-order valence-electron chi connectivity index (χ2n) is 5.94. The molecular formula is C19H31F2IN4O3. The molecule has 0 heterocycles. The molecule has 0 unspecified atom stereocenters. The Morgan fingerprint density at radius 3 is 2.41 bits per heavy atom. The van der Waals surface area contributed by atoms with Crippen molar-refractivity contribution >= 4 is 35.8 Å². The fourth-order valence-corrected chi connectivity index (χ4v) is 2.58. The zero-order valence-corrected chi connectivity index (χ0v) is 19.9. The number of carbonyl (C=O) groups excluding carboxylic acids is 1. The predicted octanol–water partition coefficient (Wildman–Crippen LogP) is 3.18. The Labute approximate surface area is 188 Å². The maximum Gasteiger partial charge on any atom is 0.387 e. The molecule has 0 fully saturated rings. The molecule has 7 nitrogen and oxygen atoms in total. The summed E-state index contributed by atoms with van der Waals surface area (Å²) in [6.07, 6.45) is 0. The van der Waals surface area contributed by atoms with E-state index in [0.717, 1.165) is 0 Å². The van der Waals surface area contributed by atoms with Crippen LogP contribution in [0.4, 0.5) is 8.78 Å². The van der Waals surface area contributed by atoms with Crippen LogP contribution in [0.25, 0.3) is 0 Å². The average Bonchev–Trinajstić information content (AvgIpc) is 2.66. The fraction of sp³-hybridized carbons (Fsp3) is 0.579. The smallest absolute Gasteiger partial charge is 0.387 e. The molecule has 10 heteroatoms. The predicted molar refractivity (Wildman–Crippen MR) is 120 cm³/mol. The topological polar surface area (TPSA) is 66.4 Å². The third kappa shape index (κ3) is 9.01. The minimum atomic E-state index is -2.95. The van der Waals surface area contributed by atoms with Gasteiger partial charge >= 0.3 is 6.61 Å². The number of rotatable bonds is 10. The van der Waals surface area contributed by atoms with E-state index in [1.54, 1.807) is 29.0 Å². The van der Waals surface area contributed by atoms with Gasteiger partial charge in [0.2, 0.25) is 5.91 Å². The highest BCUT2D eigenvalue weighted by atomic mass is 127. The first kappa shape index (κ1) is 27.1. The number of likely N-dealkylation sites (N-methyl/N-ethyl adjacent to an activating group) is 2. The van der Waals surface area contributed by atoms with Crippen LogP contribution >= 0.6 is 24.0 Å². The molecule has 0 radical (unpaired) electrons. The summed E-state index contributed by atoms with van der Waals surface area (Å²) in [5, 5.41) is 3.11. The van der Waals surface area contributed by atoms with E-state index in [0.29, 0.717) is 36.9 Å². The molecule has 0 aliphatic carbocycles. The summed E-state index contributed by atoms with van der Waals surface area (Å²) in [6, 6.07) is 4.69. The number of methoxy groups -OCH3 is 1. The highest BCUT2D eigenvalue weighted by molar-refractivity contribution is 14.0. The molecule has 1 rings (SSSR count). The summed E-state index contributed by atoms with van der Waals surface area (Å²) in [6.45, 7) is 4.96. The van der Waals surface area contributed by atoms with Gasteiger partial charge in [0.25, 0.3) is 0 Å². The summed E-state index contributed by atoms with van der Waals surface area (Å²) in [4.78, 5) is 20.2. The fourth-order valence-electron chi connectivity index (χ4n) is 2.58. The van der Waals surface area contributed by atoms with Gasteiger partial charge in [-0.15, -0.1) is 24.0 Å². The maximum atomic E-state index is 12.7. The van der Waals surface area contributed by atoms with E-state index in [1.165, 1.54) is 13.2 Å². The second-order valence-corrected chi connectivity index (χ2v) is 5.94. The van der Waals surface area contributed by atoms with Crippen LogP contribution < -0.4 is 14.8 Å². The number of alkyl halides is 2. The lowest BCUT2D eigenvalue weighted by atomic mass is 10.2. The van der Waals surface area contributed by atoms with Gasteiger partial charge in [-0.25, -0.2) is 4.99 Å². The van der Waals surface area contributed by atoms with E-state index in [4.69, 9.17) is 4.74 Å². The zero-order chi connectivity index (χ0) is 21.1.